The van der Waals surface area contributed by atoms with Crippen molar-refractivity contribution in [2.45, 2.75) is 12.8 Å². The maximum absolute atomic E-state index is 11.7. The standard InChI is InChI=1S/C10H12ClN3OS2/c11-8-4-3-7(17-8)9(15)12-13-10(16)14-5-1-2-6-14/h3-4H,1-2,5-6H2,(H,12,15)(H,13,16). The minimum Gasteiger partial charge on any atom is -0.348 e. The zero-order chi connectivity index (χ0) is 12.3. The maximum Gasteiger partial charge on any atom is 0.279 e. The first-order valence-electron chi connectivity index (χ1n) is 5.27. The van der Waals surface area contributed by atoms with Gasteiger partial charge in [-0.3, -0.25) is 15.6 Å². The lowest BCUT2D eigenvalue weighted by atomic mass is 10.4. The van der Waals surface area contributed by atoms with Crippen LogP contribution in [0, 0.1) is 0 Å². The number of hydrogen-bond acceptors (Lipinski definition) is 3. The molecule has 0 bridgehead atoms. The molecule has 2 N–H and O–H groups in total. The summed E-state index contributed by atoms with van der Waals surface area (Å²) in [6, 6.07) is 3.38. The first-order chi connectivity index (χ1) is 8.16. The molecule has 92 valence electrons. The van der Waals surface area contributed by atoms with E-state index in [9.17, 15) is 4.79 Å². The molecule has 0 atom stereocenters. The Labute approximate surface area is 114 Å². The molecule has 1 aliphatic heterocycles. The van der Waals surface area contributed by atoms with Gasteiger partial charge in [0.15, 0.2) is 5.11 Å². The third-order valence-electron chi connectivity index (χ3n) is 2.47. The van der Waals surface area contributed by atoms with Crippen molar-refractivity contribution in [2.24, 2.45) is 0 Å². The Morgan fingerprint density at radius 2 is 2.06 bits per heavy atom. The van der Waals surface area contributed by atoms with E-state index in [2.05, 4.69) is 10.9 Å². The SMILES string of the molecule is O=C(NNC(=S)N1CCCC1)c1ccc(Cl)s1. The number of hydrogen-bond donors (Lipinski definition) is 2. The van der Waals surface area contributed by atoms with E-state index in [4.69, 9.17) is 23.8 Å². The zero-order valence-electron chi connectivity index (χ0n) is 9.03. The first kappa shape index (κ1) is 12.6. The molecular weight excluding hydrogens is 278 g/mol. The van der Waals surface area contributed by atoms with Crippen LogP contribution in [-0.2, 0) is 0 Å². The first-order valence-corrected chi connectivity index (χ1v) is 6.87. The van der Waals surface area contributed by atoms with Gasteiger partial charge in [0.05, 0.1) is 9.21 Å². The van der Waals surface area contributed by atoms with Crippen molar-refractivity contribution in [3.63, 3.8) is 0 Å². The number of thiocarbonyl (C=S) groups is 1. The molecule has 0 radical (unpaired) electrons. The van der Waals surface area contributed by atoms with Crippen molar-refractivity contribution in [2.75, 3.05) is 13.1 Å². The number of thiophene rings is 1. The van der Waals surface area contributed by atoms with Crippen LogP contribution in [0.25, 0.3) is 0 Å². The van der Waals surface area contributed by atoms with Crippen LogP contribution in [0.5, 0.6) is 0 Å². The van der Waals surface area contributed by atoms with E-state index in [1.165, 1.54) is 11.3 Å². The number of likely N-dealkylation sites (tertiary alicyclic amines) is 1. The third-order valence-corrected chi connectivity index (χ3v) is 4.06. The molecule has 0 aromatic carbocycles. The number of nitrogens with one attached hydrogen (secondary N) is 2. The fourth-order valence-corrected chi connectivity index (χ4v) is 2.78. The highest BCUT2D eigenvalue weighted by Crippen LogP contribution is 2.20. The minimum atomic E-state index is -0.219. The average molecular weight is 290 g/mol. The van der Waals surface area contributed by atoms with Gasteiger partial charge in [0.2, 0.25) is 0 Å². The largest absolute Gasteiger partial charge is 0.348 e. The third kappa shape index (κ3) is 3.31. The van der Waals surface area contributed by atoms with Crippen LogP contribution >= 0.6 is 35.2 Å². The molecule has 2 rings (SSSR count). The van der Waals surface area contributed by atoms with Gasteiger partial charge < -0.3 is 4.90 Å². The normalized spacial score (nSPS) is 14.8. The molecule has 1 aromatic heterocycles. The summed E-state index contributed by atoms with van der Waals surface area (Å²) in [5, 5.41) is 0.568. The highest BCUT2D eigenvalue weighted by Gasteiger charge is 2.15. The number of rotatable bonds is 1. The monoisotopic (exact) mass is 289 g/mol. The van der Waals surface area contributed by atoms with Gasteiger partial charge in [-0.15, -0.1) is 11.3 Å². The van der Waals surface area contributed by atoms with Crippen LogP contribution < -0.4 is 10.9 Å². The maximum atomic E-state index is 11.7. The summed E-state index contributed by atoms with van der Waals surface area (Å²) >= 11 is 12.2. The van der Waals surface area contributed by atoms with Crippen LogP contribution in [0.1, 0.15) is 22.5 Å². The lowest BCUT2D eigenvalue weighted by Gasteiger charge is -2.19. The van der Waals surface area contributed by atoms with E-state index in [1.807, 2.05) is 4.90 Å². The van der Waals surface area contributed by atoms with E-state index in [0.717, 1.165) is 25.9 Å². The quantitative estimate of drug-likeness (QED) is 0.613. The Morgan fingerprint density at radius 3 is 2.65 bits per heavy atom. The Balaban J connectivity index is 1.81. The Bertz CT molecular complexity index is 429. The zero-order valence-corrected chi connectivity index (χ0v) is 11.4. The van der Waals surface area contributed by atoms with E-state index in [0.29, 0.717) is 14.3 Å². The van der Waals surface area contributed by atoms with Gasteiger partial charge in [0.1, 0.15) is 0 Å². The van der Waals surface area contributed by atoms with Gasteiger partial charge >= 0.3 is 0 Å². The van der Waals surface area contributed by atoms with E-state index in [-0.39, 0.29) is 5.91 Å². The molecule has 17 heavy (non-hydrogen) atoms. The number of amides is 1. The summed E-state index contributed by atoms with van der Waals surface area (Å²) in [7, 11) is 0. The van der Waals surface area contributed by atoms with Crippen LogP contribution in [0.2, 0.25) is 4.34 Å². The Morgan fingerprint density at radius 1 is 1.35 bits per heavy atom. The number of carbonyl (C=O) groups is 1. The second-order valence-electron chi connectivity index (χ2n) is 3.68. The number of nitrogens with zero attached hydrogens (tertiary/aromatic N) is 1. The van der Waals surface area contributed by atoms with E-state index >= 15 is 0 Å². The van der Waals surface area contributed by atoms with Crippen molar-refractivity contribution in [3.8, 4) is 0 Å². The Kier molecular flexibility index (Phi) is 4.20. The van der Waals surface area contributed by atoms with Crippen molar-refractivity contribution in [1.29, 1.82) is 0 Å². The minimum absolute atomic E-state index is 0.219. The number of carbonyl (C=O) groups excluding carboxylic acids is 1. The second kappa shape index (κ2) is 5.66. The average Bonchev–Trinajstić information content (AvgIpc) is 2.95. The highest BCUT2D eigenvalue weighted by molar-refractivity contribution is 7.80. The van der Waals surface area contributed by atoms with E-state index < -0.39 is 0 Å². The summed E-state index contributed by atoms with van der Waals surface area (Å²) in [4.78, 5) is 14.3. The van der Waals surface area contributed by atoms with Crippen molar-refractivity contribution < 1.29 is 4.79 Å². The fraction of sp³-hybridized carbons (Fsp3) is 0.400. The molecule has 4 nitrogen and oxygen atoms in total. The van der Waals surface area contributed by atoms with Gasteiger partial charge in [0, 0.05) is 13.1 Å². The summed E-state index contributed by atoms with van der Waals surface area (Å²) in [6.45, 7) is 1.90. The van der Waals surface area contributed by atoms with E-state index in [1.54, 1.807) is 12.1 Å². The summed E-state index contributed by atoms with van der Waals surface area (Å²) in [5.74, 6) is -0.219. The molecule has 0 saturated carbocycles. The van der Waals surface area contributed by atoms with Crippen LogP contribution in [-0.4, -0.2) is 29.0 Å². The van der Waals surface area contributed by atoms with Crippen LogP contribution in [0.4, 0.5) is 0 Å². The molecule has 2 heterocycles. The molecule has 0 unspecified atom stereocenters. The lowest BCUT2D eigenvalue weighted by molar-refractivity contribution is 0.0946. The van der Waals surface area contributed by atoms with Crippen molar-refractivity contribution in [3.05, 3.63) is 21.3 Å². The molecule has 0 spiro atoms. The molecule has 0 aliphatic carbocycles. The lowest BCUT2D eigenvalue weighted by Crippen LogP contribution is -2.47. The highest BCUT2D eigenvalue weighted by atomic mass is 35.5. The second-order valence-corrected chi connectivity index (χ2v) is 5.78. The smallest absolute Gasteiger partial charge is 0.279 e. The van der Waals surface area contributed by atoms with Gasteiger partial charge in [0.25, 0.3) is 5.91 Å². The van der Waals surface area contributed by atoms with Gasteiger partial charge in [-0.25, -0.2) is 0 Å². The molecule has 1 fully saturated rings. The van der Waals surface area contributed by atoms with Gasteiger partial charge in [-0.1, -0.05) is 11.6 Å². The van der Waals surface area contributed by atoms with Crippen LogP contribution in [0.3, 0.4) is 0 Å². The van der Waals surface area contributed by atoms with Gasteiger partial charge in [-0.05, 0) is 37.2 Å². The predicted octanol–water partition coefficient (Wildman–Crippen LogP) is 2.02. The summed E-state index contributed by atoms with van der Waals surface area (Å²) < 4.78 is 0.595. The predicted molar refractivity (Wildman–Crippen MR) is 73.3 cm³/mol. The topological polar surface area (TPSA) is 44.4 Å². The fourth-order valence-electron chi connectivity index (χ4n) is 1.61. The van der Waals surface area contributed by atoms with Crippen molar-refractivity contribution in [1.82, 2.24) is 15.8 Å². The van der Waals surface area contributed by atoms with Crippen LogP contribution in [0.15, 0.2) is 12.1 Å². The molecule has 1 amide bonds. The summed E-state index contributed by atoms with van der Waals surface area (Å²) in [5.41, 5.74) is 5.32. The Hall–Kier alpha value is -0.850. The molecular formula is C10H12ClN3OS2. The number of hydrazine groups is 1. The molecule has 1 saturated heterocycles. The molecule has 7 heteroatoms. The van der Waals surface area contributed by atoms with Crippen molar-refractivity contribution >= 4 is 46.2 Å². The molecule has 1 aromatic rings. The number of halogens is 1. The van der Waals surface area contributed by atoms with Gasteiger partial charge in [-0.2, -0.15) is 0 Å². The summed E-state index contributed by atoms with van der Waals surface area (Å²) in [6.07, 6.45) is 2.30. The molecule has 1 aliphatic rings.